The summed E-state index contributed by atoms with van der Waals surface area (Å²) in [6, 6.07) is 11.8. The summed E-state index contributed by atoms with van der Waals surface area (Å²) in [5, 5.41) is 0. The van der Waals surface area contributed by atoms with Crippen LogP contribution >= 0.6 is 0 Å². The predicted molar refractivity (Wildman–Crippen MR) is 73.8 cm³/mol. The second-order valence-corrected chi connectivity index (χ2v) is 5.13. The molecule has 1 aromatic carbocycles. The number of ether oxygens (including phenoxy) is 1. The molecule has 2 aliphatic heterocycles. The van der Waals surface area contributed by atoms with Crippen molar-refractivity contribution in [1.82, 2.24) is 9.88 Å². The Hall–Kier alpha value is -2.36. The van der Waals surface area contributed by atoms with Crippen LogP contribution in [0.5, 0.6) is 5.88 Å². The third-order valence-electron chi connectivity index (χ3n) is 4.14. The highest BCUT2D eigenvalue weighted by molar-refractivity contribution is 6.00. The van der Waals surface area contributed by atoms with Gasteiger partial charge >= 0.3 is 0 Å². The van der Waals surface area contributed by atoms with E-state index in [2.05, 4.69) is 4.98 Å². The van der Waals surface area contributed by atoms with Gasteiger partial charge in [-0.1, -0.05) is 18.2 Å². The van der Waals surface area contributed by atoms with Crippen molar-refractivity contribution in [3.05, 3.63) is 58.8 Å². The van der Waals surface area contributed by atoms with Crippen LogP contribution in [0.2, 0.25) is 0 Å². The lowest BCUT2D eigenvalue weighted by Gasteiger charge is -2.31. The van der Waals surface area contributed by atoms with Gasteiger partial charge in [-0.25, -0.2) is 4.98 Å². The Bertz CT molecular complexity index is 711. The van der Waals surface area contributed by atoms with Gasteiger partial charge in [0.25, 0.3) is 5.91 Å². The summed E-state index contributed by atoms with van der Waals surface area (Å²) in [7, 11) is 1.62. The van der Waals surface area contributed by atoms with Gasteiger partial charge in [0.2, 0.25) is 5.88 Å². The Morgan fingerprint density at radius 2 is 2.05 bits per heavy atom. The molecule has 0 bridgehead atoms. The van der Waals surface area contributed by atoms with E-state index in [9.17, 15) is 4.79 Å². The largest absolute Gasteiger partial charge is 0.481 e. The van der Waals surface area contributed by atoms with Gasteiger partial charge in [-0.3, -0.25) is 4.79 Å². The van der Waals surface area contributed by atoms with E-state index in [-0.39, 0.29) is 11.9 Å². The SMILES string of the molecule is COc1ccc2c(n1)CCN1C(=O)c3ccccc3C21. The first kappa shape index (κ1) is 11.5. The number of rotatable bonds is 1. The molecule has 0 N–H and O–H groups in total. The summed E-state index contributed by atoms with van der Waals surface area (Å²) in [5.74, 6) is 0.766. The molecule has 2 aliphatic rings. The summed E-state index contributed by atoms with van der Waals surface area (Å²) in [4.78, 5) is 18.9. The van der Waals surface area contributed by atoms with Crippen LogP contribution in [0.15, 0.2) is 36.4 Å². The zero-order valence-electron chi connectivity index (χ0n) is 11.2. The molecule has 0 aliphatic carbocycles. The lowest BCUT2D eigenvalue weighted by molar-refractivity contribution is 0.0738. The van der Waals surface area contributed by atoms with Gasteiger partial charge in [0.15, 0.2) is 0 Å². The quantitative estimate of drug-likeness (QED) is 0.794. The fourth-order valence-electron chi connectivity index (χ4n) is 3.22. The number of hydrogen-bond acceptors (Lipinski definition) is 3. The lowest BCUT2D eigenvalue weighted by atomic mass is 9.93. The zero-order chi connectivity index (χ0) is 13.7. The summed E-state index contributed by atoms with van der Waals surface area (Å²) >= 11 is 0. The number of methoxy groups -OCH3 is 1. The van der Waals surface area contributed by atoms with Gasteiger partial charge in [-0.05, 0) is 17.7 Å². The molecular formula is C16H14N2O2. The monoisotopic (exact) mass is 266 g/mol. The Morgan fingerprint density at radius 3 is 2.90 bits per heavy atom. The van der Waals surface area contributed by atoms with Crippen LogP contribution in [0, 0.1) is 0 Å². The average Bonchev–Trinajstić information content (AvgIpc) is 2.80. The minimum absolute atomic E-state index is 0.0147. The molecule has 2 aromatic rings. The summed E-state index contributed by atoms with van der Waals surface area (Å²) in [6.07, 6.45) is 0.781. The highest BCUT2D eigenvalue weighted by atomic mass is 16.5. The van der Waals surface area contributed by atoms with Crippen molar-refractivity contribution in [2.24, 2.45) is 0 Å². The van der Waals surface area contributed by atoms with Crippen molar-refractivity contribution >= 4 is 5.91 Å². The molecule has 4 nitrogen and oxygen atoms in total. The maximum atomic E-state index is 12.4. The van der Waals surface area contributed by atoms with Crippen LogP contribution in [0.3, 0.4) is 0 Å². The smallest absolute Gasteiger partial charge is 0.255 e. The second-order valence-electron chi connectivity index (χ2n) is 5.13. The van der Waals surface area contributed by atoms with E-state index >= 15 is 0 Å². The highest BCUT2D eigenvalue weighted by Crippen LogP contribution is 2.42. The van der Waals surface area contributed by atoms with E-state index in [4.69, 9.17) is 4.74 Å². The number of nitrogens with zero attached hydrogens (tertiary/aromatic N) is 2. The number of aromatic nitrogens is 1. The van der Waals surface area contributed by atoms with Gasteiger partial charge in [-0.15, -0.1) is 0 Å². The zero-order valence-corrected chi connectivity index (χ0v) is 11.2. The maximum absolute atomic E-state index is 12.4. The molecule has 1 amide bonds. The van der Waals surface area contributed by atoms with E-state index in [1.165, 1.54) is 0 Å². The van der Waals surface area contributed by atoms with E-state index in [1.807, 2.05) is 41.3 Å². The number of carbonyl (C=O) groups is 1. The maximum Gasteiger partial charge on any atom is 0.255 e. The lowest BCUT2D eigenvalue weighted by Crippen LogP contribution is -2.35. The summed E-state index contributed by atoms with van der Waals surface area (Å²) in [6.45, 7) is 0.714. The molecule has 0 saturated carbocycles. The summed E-state index contributed by atoms with van der Waals surface area (Å²) < 4.78 is 5.19. The number of hydrogen-bond donors (Lipinski definition) is 0. The van der Waals surface area contributed by atoms with Crippen molar-refractivity contribution in [2.75, 3.05) is 13.7 Å². The number of amides is 1. The minimum atomic E-state index is 0.0147. The van der Waals surface area contributed by atoms with Crippen molar-refractivity contribution in [2.45, 2.75) is 12.5 Å². The molecule has 1 atom stereocenters. The number of fused-ring (bicyclic) bond motifs is 5. The van der Waals surface area contributed by atoms with E-state index in [0.717, 1.165) is 28.8 Å². The molecule has 4 rings (SSSR count). The van der Waals surface area contributed by atoms with Gasteiger partial charge < -0.3 is 9.64 Å². The molecule has 1 aromatic heterocycles. The molecule has 4 heteroatoms. The number of pyridine rings is 1. The normalized spacial score (nSPS) is 19.4. The first-order valence-electron chi connectivity index (χ1n) is 6.73. The fourth-order valence-corrected chi connectivity index (χ4v) is 3.22. The van der Waals surface area contributed by atoms with Crippen LogP contribution in [0.4, 0.5) is 0 Å². The van der Waals surface area contributed by atoms with E-state index in [1.54, 1.807) is 7.11 Å². The molecule has 0 fully saturated rings. The first-order chi connectivity index (χ1) is 9.79. The molecular weight excluding hydrogens is 252 g/mol. The first-order valence-corrected chi connectivity index (χ1v) is 6.73. The Morgan fingerprint density at radius 1 is 1.20 bits per heavy atom. The van der Waals surface area contributed by atoms with Gasteiger partial charge in [0.05, 0.1) is 18.8 Å². The topological polar surface area (TPSA) is 42.4 Å². The van der Waals surface area contributed by atoms with Crippen LogP contribution < -0.4 is 4.74 Å². The van der Waals surface area contributed by atoms with Crippen LogP contribution in [0.1, 0.15) is 33.2 Å². The Kier molecular flexibility index (Phi) is 2.33. The fraction of sp³-hybridized carbons (Fsp3) is 0.250. The number of benzene rings is 1. The van der Waals surface area contributed by atoms with Gasteiger partial charge in [-0.2, -0.15) is 0 Å². The molecule has 3 heterocycles. The Balaban J connectivity index is 1.90. The third-order valence-corrected chi connectivity index (χ3v) is 4.14. The third kappa shape index (κ3) is 1.42. The molecule has 1 unspecified atom stereocenters. The van der Waals surface area contributed by atoms with Crippen LogP contribution in [-0.2, 0) is 6.42 Å². The highest BCUT2D eigenvalue weighted by Gasteiger charge is 2.40. The molecule has 20 heavy (non-hydrogen) atoms. The van der Waals surface area contributed by atoms with Crippen molar-refractivity contribution in [1.29, 1.82) is 0 Å². The molecule has 0 spiro atoms. The average molecular weight is 266 g/mol. The van der Waals surface area contributed by atoms with Crippen molar-refractivity contribution in [3.63, 3.8) is 0 Å². The predicted octanol–water partition coefficient (Wildman–Crippen LogP) is 2.19. The minimum Gasteiger partial charge on any atom is -0.481 e. The van der Waals surface area contributed by atoms with Crippen LogP contribution in [-0.4, -0.2) is 29.4 Å². The van der Waals surface area contributed by atoms with Gasteiger partial charge in [0.1, 0.15) is 0 Å². The van der Waals surface area contributed by atoms with Crippen molar-refractivity contribution < 1.29 is 9.53 Å². The van der Waals surface area contributed by atoms with Crippen molar-refractivity contribution in [3.8, 4) is 5.88 Å². The number of carbonyl (C=O) groups excluding carboxylic acids is 1. The second kappa shape index (κ2) is 4.07. The molecule has 100 valence electrons. The van der Waals surface area contributed by atoms with Gasteiger partial charge in [0, 0.05) is 30.2 Å². The van der Waals surface area contributed by atoms with E-state index < -0.39 is 0 Å². The van der Waals surface area contributed by atoms with Crippen LogP contribution in [0.25, 0.3) is 0 Å². The molecule has 0 saturated heterocycles. The standard InChI is InChI=1S/C16H14N2O2/c1-20-14-7-6-12-13(17-14)8-9-18-15(12)10-4-2-3-5-11(10)16(18)19/h2-7,15H,8-9H2,1H3. The molecule has 0 radical (unpaired) electrons. The van der Waals surface area contributed by atoms with E-state index in [0.29, 0.717) is 12.4 Å². The Labute approximate surface area is 117 Å². The summed E-state index contributed by atoms with van der Waals surface area (Å²) in [5.41, 5.74) is 4.07.